The molecular weight excluding hydrogens is 305 g/mol. The van der Waals surface area contributed by atoms with E-state index in [1.54, 1.807) is 6.20 Å². The third-order valence-corrected chi connectivity index (χ3v) is 4.29. The molecule has 0 radical (unpaired) electrons. The molecule has 1 fully saturated rings. The molecule has 3 rings (SSSR count). The number of halogens is 1. The van der Waals surface area contributed by atoms with E-state index in [2.05, 4.69) is 21.3 Å². The van der Waals surface area contributed by atoms with Crippen LogP contribution in [0.3, 0.4) is 0 Å². The Bertz CT molecular complexity index is 699. The molecule has 1 saturated heterocycles. The van der Waals surface area contributed by atoms with E-state index in [0.717, 1.165) is 42.6 Å². The molecule has 0 unspecified atom stereocenters. The number of hydrogen-bond acceptors (Lipinski definition) is 3. The Morgan fingerprint density at radius 2 is 2.00 bits per heavy atom. The van der Waals surface area contributed by atoms with Gasteiger partial charge in [-0.3, -0.25) is 14.7 Å². The lowest BCUT2D eigenvalue weighted by molar-refractivity contribution is -0.116. The van der Waals surface area contributed by atoms with Crippen LogP contribution in [0.5, 0.6) is 0 Å². The zero-order valence-electron chi connectivity index (χ0n) is 13.7. The van der Waals surface area contributed by atoms with Crippen molar-refractivity contribution >= 4 is 11.6 Å². The van der Waals surface area contributed by atoms with E-state index in [0.29, 0.717) is 12.8 Å². The summed E-state index contributed by atoms with van der Waals surface area (Å²) in [6, 6.07) is 9.35. The quantitative estimate of drug-likeness (QED) is 0.884. The van der Waals surface area contributed by atoms with Crippen LogP contribution < -0.4 is 5.32 Å². The number of nitrogens with zero attached hydrogens (tertiary/aromatic N) is 2. The predicted octanol–water partition coefficient (Wildman–Crippen LogP) is 3.39. The van der Waals surface area contributed by atoms with Crippen LogP contribution in [0.15, 0.2) is 42.7 Å². The third kappa shape index (κ3) is 4.61. The van der Waals surface area contributed by atoms with Crippen LogP contribution >= 0.6 is 0 Å². The van der Waals surface area contributed by atoms with Gasteiger partial charge in [0.1, 0.15) is 5.82 Å². The second kappa shape index (κ2) is 8.02. The lowest BCUT2D eigenvalue weighted by atomic mass is 10.1. The van der Waals surface area contributed by atoms with Crippen molar-refractivity contribution in [1.82, 2.24) is 9.88 Å². The van der Waals surface area contributed by atoms with Gasteiger partial charge in [-0.25, -0.2) is 4.39 Å². The first-order valence-corrected chi connectivity index (χ1v) is 8.40. The smallest absolute Gasteiger partial charge is 0.224 e. The van der Waals surface area contributed by atoms with Crippen molar-refractivity contribution in [3.8, 4) is 0 Å². The highest BCUT2D eigenvalue weighted by atomic mass is 19.1. The van der Waals surface area contributed by atoms with E-state index in [4.69, 9.17) is 0 Å². The molecular formula is C19H22FN3O. The van der Waals surface area contributed by atoms with E-state index in [1.807, 2.05) is 18.2 Å². The van der Waals surface area contributed by atoms with Crippen LogP contribution in [0.2, 0.25) is 0 Å². The summed E-state index contributed by atoms with van der Waals surface area (Å²) in [5.41, 5.74) is 2.74. The van der Waals surface area contributed by atoms with Gasteiger partial charge < -0.3 is 5.32 Å². The molecule has 1 aliphatic rings. The third-order valence-electron chi connectivity index (χ3n) is 4.29. The van der Waals surface area contributed by atoms with Crippen LogP contribution in [-0.4, -0.2) is 28.9 Å². The molecule has 126 valence electrons. The molecule has 1 aromatic heterocycles. The molecule has 1 amide bonds. The van der Waals surface area contributed by atoms with E-state index in [1.165, 1.54) is 18.9 Å². The standard InChI is InChI=1S/C19H22FN3O/c20-17-11-15(12-21-13-17)7-8-19(24)22-18-6-2-1-5-16(18)14-23-9-3-4-10-23/h1-2,5-6,11-13H,3-4,7-10,14H2,(H,22,24). The summed E-state index contributed by atoms with van der Waals surface area (Å²) in [5, 5.41) is 2.99. The Kier molecular flexibility index (Phi) is 5.54. The molecule has 1 aliphatic heterocycles. The molecule has 1 aromatic carbocycles. The fourth-order valence-corrected chi connectivity index (χ4v) is 3.02. The fraction of sp³-hybridized carbons (Fsp3) is 0.368. The van der Waals surface area contributed by atoms with E-state index >= 15 is 0 Å². The number of aryl methyl sites for hydroxylation is 1. The van der Waals surface area contributed by atoms with Crippen LogP contribution in [-0.2, 0) is 17.8 Å². The van der Waals surface area contributed by atoms with E-state index < -0.39 is 0 Å². The van der Waals surface area contributed by atoms with Crippen molar-refractivity contribution in [3.63, 3.8) is 0 Å². The second-order valence-corrected chi connectivity index (χ2v) is 6.20. The topological polar surface area (TPSA) is 45.2 Å². The minimum atomic E-state index is -0.371. The number of pyridine rings is 1. The van der Waals surface area contributed by atoms with Crippen molar-refractivity contribution in [1.29, 1.82) is 0 Å². The average Bonchev–Trinajstić information content (AvgIpc) is 3.08. The van der Waals surface area contributed by atoms with Gasteiger partial charge in [0.15, 0.2) is 0 Å². The number of nitrogens with one attached hydrogen (secondary N) is 1. The number of likely N-dealkylation sites (tertiary alicyclic amines) is 1. The van der Waals surface area contributed by atoms with Gasteiger partial charge in [0.2, 0.25) is 5.91 Å². The highest BCUT2D eigenvalue weighted by Gasteiger charge is 2.14. The number of rotatable bonds is 6. The molecule has 5 heteroatoms. The summed E-state index contributed by atoms with van der Waals surface area (Å²) in [5.74, 6) is -0.433. The van der Waals surface area contributed by atoms with Gasteiger partial charge in [0.25, 0.3) is 0 Å². The van der Waals surface area contributed by atoms with Crippen molar-refractivity contribution < 1.29 is 9.18 Å². The number of carbonyl (C=O) groups is 1. The number of anilines is 1. The Morgan fingerprint density at radius 3 is 2.79 bits per heavy atom. The highest BCUT2D eigenvalue weighted by molar-refractivity contribution is 5.91. The molecule has 0 atom stereocenters. The molecule has 1 N–H and O–H groups in total. The Balaban J connectivity index is 1.57. The second-order valence-electron chi connectivity index (χ2n) is 6.20. The number of para-hydroxylation sites is 1. The molecule has 0 aliphatic carbocycles. The van der Waals surface area contributed by atoms with Gasteiger partial charge in [0, 0.05) is 24.8 Å². The molecule has 24 heavy (non-hydrogen) atoms. The number of benzene rings is 1. The van der Waals surface area contributed by atoms with E-state index in [-0.39, 0.29) is 11.7 Å². The number of aromatic nitrogens is 1. The highest BCUT2D eigenvalue weighted by Crippen LogP contribution is 2.20. The minimum Gasteiger partial charge on any atom is -0.326 e. The zero-order chi connectivity index (χ0) is 16.8. The lowest BCUT2D eigenvalue weighted by Crippen LogP contribution is -2.20. The first-order valence-electron chi connectivity index (χ1n) is 8.40. The van der Waals surface area contributed by atoms with Gasteiger partial charge in [-0.2, -0.15) is 0 Å². The number of hydrogen-bond donors (Lipinski definition) is 1. The first kappa shape index (κ1) is 16.6. The van der Waals surface area contributed by atoms with Gasteiger partial charge in [0.05, 0.1) is 6.20 Å². The average molecular weight is 327 g/mol. The molecule has 2 aromatic rings. The Labute approximate surface area is 141 Å². The normalized spacial score (nSPS) is 14.7. The maximum Gasteiger partial charge on any atom is 0.224 e. The summed E-state index contributed by atoms with van der Waals surface area (Å²) in [6.07, 6.45) is 6.04. The number of amides is 1. The van der Waals surface area contributed by atoms with Gasteiger partial charge in [-0.1, -0.05) is 18.2 Å². The molecule has 4 nitrogen and oxygen atoms in total. The van der Waals surface area contributed by atoms with Crippen LogP contribution in [0, 0.1) is 5.82 Å². The minimum absolute atomic E-state index is 0.0619. The summed E-state index contributed by atoms with van der Waals surface area (Å²) >= 11 is 0. The molecule has 0 spiro atoms. The predicted molar refractivity (Wildman–Crippen MR) is 92.1 cm³/mol. The van der Waals surface area contributed by atoms with Gasteiger partial charge in [-0.05, 0) is 55.6 Å². The summed E-state index contributed by atoms with van der Waals surface area (Å²) in [7, 11) is 0. The zero-order valence-corrected chi connectivity index (χ0v) is 13.7. The monoisotopic (exact) mass is 327 g/mol. The van der Waals surface area contributed by atoms with Crippen LogP contribution in [0.4, 0.5) is 10.1 Å². The Morgan fingerprint density at radius 1 is 1.21 bits per heavy atom. The van der Waals surface area contributed by atoms with Crippen molar-refractivity contribution in [2.45, 2.75) is 32.2 Å². The lowest BCUT2D eigenvalue weighted by Gasteiger charge is -2.17. The number of carbonyl (C=O) groups excluding carboxylic acids is 1. The summed E-state index contributed by atoms with van der Waals surface area (Å²) in [6.45, 7) is 3.11. The van der Waals surface area contributed by atoms with Crippen molar-refractivity contribution in [3.05, 3.63) is 59.7 Å². The van der Waals surface area contributed by atoms with Crippen molar-refractivity contribution in [2.75, 3.05) is 18.4 Å². The SMILES string of the molecule is O=C(CCc1cncc(F)c1)Nc1ccccc1CN1CCCC1. The largest absolute Gasteiger partial charge is 0.326 e. The van der Waals surface area contributed by atoms with Crippen molar-refractivity contribution in [2.24, 2.45) is 0 Å². The summed E-state index contributed by atoms with van der Waals surface area (Å²) < 4.78 is 13.1. The maximum absolute atomic E-state index is 13.1. The summed E-state index contributed by atoms with van der Waals surface area (Å²) in [4.78, 5) is 18.4. The molecule has 0 saturated carbocycles. The molecule has 2 heterocycles. The van der Waals surface area contributed by atoms with E-state index in [9.17, 15) is 9.18 Å². The Hall–Kier alpha value is -2.27. The fourth-order valence-electron chi connectivity index (χ4n) is 3.02. The molecule has 0 bridgehead atoms. The van der Waals surface area contributed by atoms with Crippen LogP contribution in [0.1, 0.15) is 30.4 Å². The first-order chi connectivity index (χ1) is 11.7. The van der Waals surface area contributed by atoms with Gasteiger partial charge >= 0.3 is 0 Å². The maximum atomic E-state index is 13.1. The van der Waals surface area contributed by atoms with Gasteiger partial charge in [-0.15, -0.1) is 0 Å². The van der Waals surface area contributed by atoms with Crippen LogP contribution in [0.25, 0.3) is 0 Å².